The van der Waals surface area contributed by atoms with E-state index >= 15 is 0 Å². The maximum Gasteiger partial charge on any atom is 0.0148 e. The van der Waals surface area contributed by atoms with Crippen LogP contribution in [0.1, 0.15) is 61.8 Å². The Labute approximate surface area is 120 Å². The predicted octanol–water partition coefficient (Wildman–Crippen LogP) is 5.67. The maximum absolute atomic E-state index is 4.11. The van der Waals surface area contributed by atoms with Crippen LogP contribution >= 0.6 is 0 Å². The fourth-order valence-electron chi connectivity index (χ4n) is 1.83. The van der Waals surface area contributed by atoms with Gasteiger partial charge in [0.05, 0.1) is 0 Å². The molecule has 0 unspecified atom stereocenters. The minimum absolute atomic E-state index is 0.465. The quantitative estimate of drug-likeness (QED) is 0.584. The van der Waals surface area contributed by atoms with Crippen molar-refractivity contribution in [2.45, 2.75) is 61.8 Å². The average Bonchev–Trinajstić information content (AvgIpc) is 2.32. The zero-order chi connectivity index (χ0) is 15.2. The molecule has 0 atom stereocenters. The van der Waals surface area contributed by atoms with E-state index in [4.69, 9.17) is 0 Å². The third-order valence-electron chi connectivity index (χ3n) is 3.67. The van der Waals surface area contributed by atoms with Crippen LogP contribution in [0.4, 0.5) is 0 Å². The molecule has 0 saturated heterocycles. The summed E-state index contributed by atoms with van der Waals surface area (Å²) in [6, 6.07) is 0. The number of rotatable bonds is 7. The van der Waals surface area contributed by atoms with Crippen molar-refractivity contribution < 1.29 is 0 Å². The average molecular weight is 263 g/mol. The molecule has 0 fully saturated rings. The lowest BCUT2D eigenvalue weighted by atomic mass is 9.90. The summed E-state index contributed by atoms with van der Waals surface area (Å²) in [5.74, 6) is 1.62. The monoisotopic (exact) mass is 263 g/mol. The molecule has 0 aromatic carbocycles. The highest BCUT2D eigenvalue weighted by molar-refractivity contribution is 5.31. The zero-order valence-corrected chi connectivity index (χ0v) is 14.2. The summed E-state index contributed by atoms with van der Waals surface area (Å²) in [6.45, 7) is 21.9. The molecule has 0 radical (unpaired) electrons. The Morgan fingerprint density at radius 3 is 1.84 bits per heavy atom. The molecule has 1 nitrogen and oxygen atoms in total. The molecule has 0 aromatic rings. The first kappa shape index (κ1) is 18.0. The second-order valence-electron chi connectivity index (χ2n) is 6.28. The van der Waals surface area contributed by atoms with Crippen molar-refractivity contribution in [1.29, 1.82) is 0 Å². The Balaban J connectivity index is 5.31. The van der Waals surface area contributed by atoms with Crippen molar-refractivity contribution in [3.8, 4) is 0 Å². The van der Waals surface area contributed by atoms with Crippen LogP contribution in [0, 0.1) is 17.8 Å². The van der Waals surface area contributed by atoms with Gasteiger partial charge in [0.15, 0.2) is 0 Å². The fraction of sp³-hybridized carbons (Fsp3) is 0.667. The molecule has 0 heterocycles. The molecule has 0 amide bonds. The van der Waals surface area contributed by atoms with Crippen molar-refractivity contribution in [3.63, 3.8) is 0 Å². The van der Waals surface area contributed by atoms with E-state index in [-0.39, 0.29) is 0 Å². The largest absolute Gasteiger partial charge is 0.363 e. The van der Waals surface area contributed by atoms with Gasteiger partial charge in [-0.05, 0) is 42.7 Å². The highest BCUT2D eigenvalue weighted by atomic mass is 14.9. The highest BCUT2D eigenvalue weighted by Gasteiger charge is 2.10. The Kier molecular flexibility index (Phi) is 7.82. The molecule has 19 heavy (non-hydrogen) atoms. The summed E-state index contributed by atoms with van der Waals surface area (Å²) < 4.78 is 0. The summed E-state index contributed by atoms with van der Waals surface area (Å²) in [7, 11) is 0. The molecule has 1 N–H and O–H groups in total. The normalized spacial score (nSPS) is 14.2. The Bertz CT molecular complexity index is 354. The molecule has 0 aliphatic rings. The summed E-state index contributed by atoms with van der Waals surface area (Å²) in [5, 5.41) is 3.48. The van der Waals surface area contributed by atoms with Gasteiger partial charge >= 0.3 is 0 Å². The highest BCUT2D eigenvalue weighted by Crippen LogP contribution is 2.23. The van der Waals surface area contributed by atoms with Crippen molar-refractivity contribution in [1.82, 2.24) is 5.32 Å². The third-order valence-corrected chi connectivity index (χ3v) is 3.67. The number of allylic oxidation sites excluding steroid dienone is 5. The van der Waals surface area contributed by atoms with E-state index in [1.165, 1.54) is 16.8 Å². The van der Waals surface area contributed by atoms with Gasteiger partial charge in [0.1, 0.15) is 0 Å². The molecule has 0 spiro atoms. The second-order valence-corrected chi connectivity index (χ2v) is 6.28. The van der Waals surface area contributed by atoms with E-state index in [1.807, 2.05) is 0 Å². The lowest BCUT2D eigenvalue weighted by molar-refractivity contribution is 0.682. The zero-order valence-electron chi connectivity index (χ0n) is 14.2. The number of hydrogen-bond acceptors (Lipinski definition) is 1. The van der Waals surface area contributed by atoms with E-state index in [0.29, 0.717) is 17.8 Å². The fourth-order valence-corrected chi connectivity index (χ4v) is 1.83. The van der Waals surface area contributed by atoms with Crippen LogP contribution in [0.15, 0.2) is 35.2 Å². The molecule has 0 aliphatic heterocycles. The number of hydrogen-bond donors (Lipinski definition) is 1. The third kappa shape index (κ3) is 6.13. The van der Waals surface area contributed by atoms with Gasteiger partial charge < -0.3 is 5.32 Å². The van der Waals surface area contributed by atoms with Gasteiger partial charge in [-0.25, -0.2) is 0 Å². The second kappa shape index (κ2) is 8.24. The maximum atomic E-state index is 4.11. The topological polar surface area (TPSA) is 12.0 Å². The minimum Gasteiger partial charge on any atom is -0.363 e. The van der Waals surface area contributed by atoms with Crippen molar-refractivity contribution >= 4 is 0 Å². The van der Waals surface area contributed by atoms with E-state index in [1.54, 1.807) is 0 Å². The standard InChI is InChI=1S/C18H33N/c1-10-17(19-16(9)13(4)5)11-18(14(6)7)15(8)12(2)3/h11-14,19H,9-10H2,1-8H3/b17-11+,18-15-. The number of nitrogens with one attached hydrogen (secondary N) is 1. The lowest BCUT2D eigenvalue weighted by Crippen LogP contribution is -2.16. The van der Waals surface area contributed by atoms with Crippen LogP contribution in [0.5, 0.6) is 0 Å². The van der Waals surface area contributed by atoms with E-state index in [0.717, 1.165) is 12.1 Å². The first-order valence-corrected chi connectivity index (χ1v) is 7.57. The van der Waals surface area contributed by atoms with Crippen molar-refractivity contribution in [3.05, 3.63) is 35.2 Å². The Hall–Kier alpha value is -0.980. The van der Waals surface area contributed by atoms with Gasteiger partial charge in [0.25, 0.3) is 0 Å². The molecule has 110 valence electrons. The SMILES string of the molecule is C=C(N/C(=C/C(=C(\C)C(C)C)C(C)C)CC)C(C)C. The van der Waals surface area contributed by atoms with Crippen LogP contribution < -0.4 is 5.32 Å². The van der Waals surface area contributed by atoms with E-state index < -0.39 is 0 Å². The van der Waals surface area contributed by atoms with Gasteiger partial charge in [0.2, 0.25) is 0 Å². The molecule has 0 aliphatic carbocycles. The van der Waals surface area contributed by atoms with Crippen LogP contribution in [0.25, 0.3) is 0 Å². The summed E-state index contributed by atoms with van der Waals surface area (Å²) in [6.07, 6.45) is 3.33. The minimum atomic E-state index is 0.465. The molecule has 0 bridgehead atoms. The molecular formula is C18H33N. The van der Waals surface area contributed by atoms with E-state index in [9.17, 15) is 0 Å². The predicted molar refractivity (Wildman–Crippen MR) is 87.9 cm³/mol. The van der Waals surface area contributed by atoms with Gasteiger partial charge in [-0.2, -0.15) is 0 Å². The van der Waals surface area contributed by atoms with Gasteiger partial charge in [0, 0.05) is 11.4 Å². The molecule has 0 aromatic heterocycles. The smallest absolute Gasteiger partial charge is 0.0148 e. The van der Waals surface area contributed by atoms with E-state index in [2.05, 4.69) is 73.4 Å². The Morgan fingerprint density at radius 1 is 1.00 bits per heavy atom. The lowest BCUT2D eigenvalue weighted by Gasteiger charge is -2.19. The van der Waals surface area contributed by atoms with Gasteiger partial charge in [-0.1, -0.05) is 60.6 Å². The first-order valence-electron chi connectivity index (χ1n) is 7.57. The van der Waals surface area contributed by atoms with Crippen molar-refractivity contribution in [2.24, 2.45) is 17.8 Å². The molecule has 0 rings (SSSR count). The van der Waals surface area contributed by atoms with Crippen LogP contribution in [-0.4, -0.2) is 0 Å². The van der Waals surface area contributed by atoms with Gasteiger partial charge in [-0.15, -0.1) is 0 Å². The van der Waals surface area contributed by atoms with Crippen molar-refractivity contribution in [2.75, 3.05) is 0 Å². The first-order chi connectivity index (χ1) is 8.70. The molecule has 0 saturated carbocycles. The summed E-state index contributed by atoms with van der Waals surface area (Å²) in [4.78, 5) is 0. The summed E-state index contributed by atoms with van der Waals surface area (Å²) >= 11 is 0. The molecular weight excluding hydrogens is 230 g/mol. The summed E-state index contributed by atoms with van der Waals surface area (Å²) in [5.41, 5.74) is 5.30. The van der Waals surface area contributed by atoms with Crippen LogP contribution in [0.3, 0.4) is 0 Å². The Morgan fingerprint density at radius 2 is 1.53 bits per heavy atom. The van der Waals surface area contributed by atoms with Crippen LogP contribution in [0.2, 0.25) is 0 Å². The van der Waals surface area contributed by atoms with Crippen LogP contribution in [-0.2, 0) is 0 Å². The van der Waals surface area contributed by atoms with Gasteiger partial charge in [-0.3, -0.25) is 0 Å². The molecule has 1 heteroatoms.